The Bertz CT molecular complexity index is 1200. The van der Waals surface area contributed by atoms with Crippen LogP contribution in [0.5, 0.6) is 0 Å². The van der Waals surface area contributed by atoms with Gasteiger partial charge in [0.1, 0.15) is 0 Å². The van der Waals surface area contributed by atoms with E-state index in [9.17, 15) is 18.3 Å². The first-order valence-electron chi connectivity index (χ1n) is 11.7. The Labute approximate surface area is 201 Å². The summed E-state index contributed by atoms with van der Waals surface area (Å²) in [5.74, 6) is 0.978. The van der Waals surface area contributed by atoms with Gasteiger partial charge in [0.15, 0.2) is 5.82 Å². The Morgan fingerprint density at radius 1 is 0.914 bits per heavy atom. The number of piperazine rings is 1. The van der Waals surface area contributed by atoms with Crippen molar-refractivity contribution < 1.29 is 18.3 Å². The number of halogens is 3. The van der Waals surface area contributed by atoms with Crippen molar-refractivity contribution in [3.05, 3.63) is 65.2 Å². The van der Waals surface area contributed by atoms with E-state index in [1.165, 1.54) is 6.07 Å². The van der Waals surface area contributed by atoms with Crippen LogP contribution in [0.3, 0.4) is 0 Å². The number of aliphatic hydroxyl groups excluding tert-OH is 1. The molecule has 2 aromatic carbocycles. The van der Waals surface area contributed by atoms with E-state index in [1.807, 2.05) is 41.1 Å². The average Bonchev–Trinajstić information content (AvgIpc) is 2.87. The van der Waals surface area contributed by atoms with Gasteiger partial charge in [0.25, 0.3) is 0 Å². The van der Waals surface area contributed by atoms with Crippen molar-refractivity contribution >= 4 is 11.9 Å². The highest BCUT2D eigenvalue weighted by atomic mass is 19.4. The first kappa shape index (κ1) is 23.5. The molecule has 3 aromatic rings. The summed E-state index contributed by atoms with van der Waals surface area (Å²) in [6, 6.07) is 12.6. The van der Waals surface area contributed by atoms with E-state index in [1.54, 1.807) is 6.07 Å². The Hall–Kier alpha value is -3.24. The minimum atomic E-state index is -4.47. The van der Waals surface area contributed by atoms with Crippen LogP contribution in [-0.2, 0) is 12.6 Å². The highest BCUT2D eigenvalue weighted by Gasteiger charge is 2.32. The number of rotatable bonds is 4. The molecule has 1 atom stereocenters. The summed E-state index contributed by atoms with van der Waals surface area (Å²) in [6.45, 7) is 3.51. The van der Waals surface area contributed by atoms with Crippen molar-refractivity contribution in [1.82, 2.24) is 19.9 Å². The molecule has 1 aromatic heterocycles. The number of alkyl halides is 3. The molecule has 10 heteroatoms. The zero-order chi connectivity index (χ0) is 24.6. The standard InChI is InChI=1S/C25H27F3N6O/c1-32-11-13-33(14-12-32)23-29-22(18-6-4-7-19(15-18)25(26,27)28)30-24(31-23)34-10-9-17-5-2-3-8-20(17)21(34)16-35/h2-8,15,21,35H,9-14,16H2,1H3. The van der Waals surface area contributed by atoms with Crippen molar-refractivity contribution in [3.63, 3.8) is 0 Å². The quantitative estimate of drug-likeness (QED) is 0.609. The van der Waals surface area contributed by atoms with Gasteiger partial charge in [-0.15, -0.1) is 0 Å². The molecule has 0 radical (unpaired) electrons. The van der Waals surface area contributed by atoms with Crippen molar-refractivity contribution in [1.29, 1.82) is 0 Å². The number of anilines is 2. The number of benzene rings is 2. The molecule has 1 N–H and O–H groups in total. The fraction of sp³-hybridized carbons (Fsp3) is 0.400. The molecule has 1 fully saturated rings. The number of likely N-dealkylation sites (N-methyl/N-ethyl adjacent to an activating group) is 1. The molecule has 2 aliphatic rings. The molecule has 3 heterocycles. The average molecular weight is 485 g/mol. The van der Waals surface area contributed by atoms with E-state index in [4.69, 9.17) is 4.98 Å². The number of aromatic nitrogens is 3. The Morgan fingerprint density at radius 2 is 1.66 bits per heavy atom. The summed E-state index contributed by atoms with van der Waals surface area (Å²) in [5, 5.41) is 10.3. The molecule has 0 spiro atoms. The van der Waals surface area contributed by atoms with Crippen LogP contribution in [0.4, 0.5) is 25.1 Å². The Kier molecular flexibility index (Phi) is 6.33. The molecule has 0 saturated carbocycles. The fourth-order valence-electron chi connectivity index (χ4n) is 4.68. The molecule has 0 bridgehead atoms. The number of hydrogen-bond acceptors (Lipinski definition) is 7. The smallest absolute Gasteiger partial charge is 0.394 e. The summed E-state index contributed by atoms with van der Waals surface area (Å²) in [5.41, 5.74) is 1.69. The molecule has 0 aliphatic carbocycles. The SMILES string of the molecule is CN1CCN(c2nc(-c3cccc(C(F)(F)F)c3)nc(N3CCc4ccccc4C3CO)n2)CC1. The van der Waals surface area contributed by atoms with E-state index in [0.29, 0.717) is 31.5 Å². The van der Waals surface area contributed by atoms with Gasteiger partial charge in [-0.1, -0.05) is 36.4 Å². The first-order chi connectivity index (χ1) is 16.8. The molecule has 184 valence electrons. The zero-order valence-electron chi connectivity index (χ0n) is 19.4. The largest absolute Gasteiger partial charge is 0.416 e. The monoisotopic (exact) mass is 484 g/mol. The maximum Gasteiger partial charge on any atom is 0.416 e. The Balaban J connectivity index is 1.59. The third-order valence-corrected chi connectivity index (χ3v) is 6.69. The number of aliphatic hydroxyl groups is 1. The maximum atomic E-state index is 13.4. The van der Waals surface area contributed by atoms with Gasteiger partial charge in [0, 0.05) is 38.3 Å². The van der Waals surface area contributed by atoms with Crippen molar-refractivity contribution in [2.45, 2.75) is 18.6 Å². The van der Waals surface area contributed by atoms with Crippen LogP contribution < -0.4 is 9.80 Å². The van der Waals surface area contributed by atoms with Crippen molar-refractivity contribution in [2.24, 2.45) is 0 Å². The van der Waals surface area contributed by atoms with Gasteiger partial charge >= 0.3 is 6.18 Å². The van der Waals surface area contributed by atoms with E-state index >= 15 is 0 Å². The van der Waals surface area contributed by atoms with Crippen molar-refractivity contribution in [2.75, 3.05) is 56.2 Å². The molecule has 1 unspecified atom stereocenters. The van der Waals surface area contributed by atoms with Gasteiger partial charge in [-0.05, 0) is 36.7 Å². The summed E-state index contributed by atoms with van der Waals surface area (Å²) in [4.78, 5) is 20.1. The lowest BCUT2D eigenvalue weighted by Crippen LogP contribution is -2.45. The molecular formula is C25H27F3N6O. The zero-order valence-corrected chi connectivity index (χ0v) is 19.4. The maximum absolute atomic E-state index is 13.4. The topological polar surface area (TPSA) is 68.6 Å². The van der Waals surface area contributed by atoms with Crippen LogP contribution in [0, 0.1) is 0 Å². The molecule has 7 nitrogen and oxygen atoms in total. The molecule has 0 amide bonds. The van der Waals surface area contributed by atoms with E-state index in [2.05, 4.69) is 14.9 Å². The summed E-state index contributed by atoms with van der Waals surface area (Å²) >= 11 is 0. The number of fused-ring (bicyclic) bond motifs is 1. The normalized spacial score (nSPS) is 19.1. The van der Waals surface area contributed by atoms with Gasteiger partial charge in [-0.2, -0.15) is 28.1 Å². The van der Waals surface area contributed by atoms with Crippen molar-refractivity contribution in [3.8, 4) is 11.4 Å². The first-order valence-corrected chi connectivity index (χ1v) is 11.7. The van der Waals surface area contributed by atoms with Gasteiger partial charge in [-0.3, -0.25) is 0 Å². The van der Waals surface area contributed by atoms with Crippen LogP contribution in [-0.4, -0.2) is 71.3 Å². The van der Waals surface area contributed by atoms with Crippen LogP contribution >= 0.6 is 0 Å². The second-order valence-electron chi connectivity index (χ2n) is 8.97. The number of hydrogen-bond donors (Lipinski definition) is 1. The molecular weight excluding hydrogens is 457 g/mol. The molecule has 35 heavy (non-hydrogen) atoms. The lowest BCUT2D eigenvalue weighted by Gasteiger charge is -2.37. The molecule has 5 rings (SSSR count). The second-order valence-corrected chi connectivity index (χ2v) is 8.97. The van der Waals surface area contributed by atoms with Gasteiger partial charge < -0.3 is 19.8 Å². The van der Waals surface area contributed by atoms with Crippen LogP contribution in [0.15, 0.2) is 48.5 Å². The third kappa shape index (κ3) is 4.81. The van der Waals surface area contributed by atoms with Gasteiger partial charge in [0.2, 0.25) is 11.9 Å². The lowest BCUT2D eigenvalue weighted by atomic mass is 9.93. The second kappa shape index (κ2) is 9.43. The van der Waals surface area contributed by atoms with Crippen LogP contribution in [0.2, 0.25) is 0 Å². The summed E-state index contributed by atoms with van der Waals surface area (Å²) < 4.78 is 40.2. The van der Waals surface area contributed by atoms with E-state index in [-0.39, 0.29) is 24.0 Å². The van der Waals surface area contributed by atoms with Crippen LogP contribution in [0.25, 0.3) is 11.4 Å². The van der Waals surface area contributed by atoms with Gasteiger partial charge in [-0.25, -0.2) is 0 Å². The lowest BCUT2D eigenvalue weighted by molar-refractivity contribution is -0.137. The van der Waals surface area contributed by atoms with Gasteiger partial charge in [0.05, 0.1) is 18.2 Å². The minimum absolute atomic E-state index is 0.134. The van der Waals surface area contributed by atoms with E-state index in [0.717, 1.165) is 42.8 Å². The van der Waals surface area contributed by atoms with E-state index < -0.39 is 11.7 Å². The predicted octanol–water partition coefficient (Wildman–Crippen LogP) is 3.41. The number of nitrogens with zero attached hydrogens (tertiary/aromatic N) is 6. The van der Waals surface area contributed by atoms with Crippen LogP contribution in [0.1, 0.15) is 22.7 Å². The molecule has 2 aliphatic heterocycles. The predicted molar refractivity (Wildman–Crippen MR) is 127 cm³/mol. The third-order valence-electron chi connectivity index (χ3n) is 6.69. The Morgan fingerprint density at radius 3 is 2.40 bits per heavy atom. The fourth-order valence-corrected chi connectivity index (χ4v) is 4.68. The minimum Gasteiger partial charge on any atom is -0.394 e. The highest BCUT2D eigenvalue weighted by Crippen LogP contribution is 2.35. The highest BCUT2D eigenvalue weighted by molar-refractivity contribution is 5.60. The molecule has 1 saturated heterocycles. The summed E-state index contributed by atoms with van der Waals surface area (Å²) in [6.07, 6.45) is -3.72. The summed E-state index contributed by atoms with van der Waals surface area (Å²) in [7, 11) is 2.04.